The highest BCUT2D eigenvalue weighted by Gasteiger charge is 2.33. The van der Waals surface area contributed by atoms with Crippen molar-refractivity contribution in [1.82, 2.24) is 4.31 Å². The van der Waals surface area contributed by atoms with Crippen LogP contribution in [0.15, 0.2) is 41.3 Å². The molecule has 2 aromatic rings. The third-order valence-corrected chi connectivity index (χ3v) is 7.69. The van der Waals surface area contributed by atoms with Crippen molar-refractivity contribution in [1.29, 1.82) is 0 Å². The van der Waals surface area contributed by atoms with E-state index in [4.69, 9.17) is 46.4 Å². The molecule has 1 amide bonds. The molecule has 5 nitrogen and oxygen atoms in total. The van der Waals surface area contributed by atoms with Crippen molar-refractivity contribution < 1.29 is 13.2 Å². The van der Waals surface area contributed by atoms with Gasteiger partial charge in [0, 0.05) is 29.1 Å². The first-order valence-corrected chi connectivity index (χ1v) is 11.3. The molecule has 1 saturated heterocycles. The second-order valence-electron chi connectivity index (χ2n) is 6.37. The van der Waals surface area contributed by atoms with Crippen molar-refractivity contribution in [3.8, 4) is 0 Å². The van der Waals surface area contributed by atoms with Crippen molar-refractivity contribution in [2.24, 2.45) is 5.92 Å². The molecule has 0 aromatic heterocycles. The summed E-state index contributed by atoms with van der Waals surface area (Å²) in [6, 6.07) is 9.12. The standard InChI is InChI=1S/C18H16Cl4N2O3S/c19-12-2-4-16(15(22)9-12)23-18(25)11-5-7-24(8-6-11)28(26,27)17-10-13(20)1-3-14(17)21/h1-4,9-11H,5-8H2,(H,23,25). The van der Waals surface area contributed by atoms with Crippen molar-refractivity contribution in [2.75, 3.05) is 18.4 Å². The first-order chi connectivity index (χ1) is 13.2. The third kappa shape index (κ3) is 4.75. The minimum atomic E-state index is -3.79. The second kappa shape index (κ2) is 8.78. The lowest BCUT2D eigenvalue weighted by Crippen LogP contribution is -2.41. The summed E-state index contributed by atoms with van der Waals surface area (Å²) in [4.78, 5) is 12.5. The highest BCUT2D eigenvalue weighted by Crippen LogP contribution is 2.31. The van der Waals surface area contributed by atoms with E-state index in [9.17, 15) is 13.2 Å². The molecule has 0 atom stereocenters. The molecule has 28 heavy (non-hydrogen) atoms. The van der Waals surface area contributed by atoms with Gasteiger partial charge in [0.2, 0.25) is 15.9 Å². The van der Waals surface area contributed by atoms with Crippen LogP contribution in [0.4, 0.5) is 5.69 Å². The van der Waals surface area contributed by atoms with Crippen molar-refractivity contribution in [2.45, 2.75) is 17.7 Å². The summed E-state index contributed by atoms with van der Waals surface area (Å²) in [5.74, 6) is -0.532. The summed E-state index contributed by atoms with van der Waals surface area (Å²) in [5, 5.41) is 3.99. The first-order valence-electron chi connectivity index (χ1n) is 8.39. The summed E-state index contributed by atoms with van der Waals surface area (Å²) in [6.45, 7) is 0.412. The van der Waals surface area contributed by atoms with E-state index in [1.807, 2.05) is 0 Å². The van der Waals surface area contributed by atoms with Gasteiger partial charge in [0.05, 0.1) is 15.7 Å². The summed E-state index contributed by atoms with van der Waals surface area (Å²) in [6.07, 6.45) is 0.767. The summed E-state index contributed by atoms with van der Waals surface area (Å²) < 4.78 is 27.0. The average molecular weight is 482 g/mol. The molecule has 1 aliphatic heterocycles. The van der Waals surface area contributed by atoms with Gasteiger partial charge >= 0.3 is 0 Å². The van der Waals surface area contributed by atoms with E-state index in [-0.39, 0.29) is 39.9 Å². The molecule has 10 heteroatoms. The number of hydrogen-bond donors (Lipinski definition) is 1. The Balaban J connectivity index is 1.66. The number of carbonyl (C=O) groups is 1. The zero-order valence-electron chi connectivity index (χ0n) is 14.5. The lowest BCUT2D eigenvalue weighted by atomic mass is 9.97. The number of halogens is 4. The minimum Gasteiger partial charge on any atom is -0.325 e. The Kier molecular flexibility index (Phi) is 6.80. The van der Waals surface area contributed by atoms with Crippen LogP contribution >= 0.6 is 46.4 Å². The smallest absolute Gasteiger partial charge is 0.244 e. The SMILES string of the molecule is O=C(Nc1ccc(Cl)cc1Cl)C1CCN(S(=O)(=O)c2cc(Cl)ccc2Cl)CC1. The van der Waals surface area contributed by atoms with Crippen molar-refractivity contribution in [3.63, 3.8) is 0 Å². The minimum absolute atomic E-state index is 0.0301. The van der Waals surface area contributed by atoms with E-state index in [1.165, 1.54) is 22.5 Å². The molecule has 1 heterocycles. The number of carbonyl (C=O) groups excluding carboxylic acids is 1. The molecule has 0 aliphatic carbocycles. The summed E-state index contributed by atoms with van der Waals surface area (Å²) >= 11 is 23.9. The maximum atomic E-state index is 12.9. The van der Waals surface area contributed by atoms with Crippen LogP contribution in [-0.4, -0.2) is 31.7 Å². The Labute approximate surface area is 183 Å². The van der Waals surface area contributed by atoms with E-state index < -0.39 is 10.0 Å². The molecule has 2 aromatic carbocycles. The molecule has 1 N–H and O–H groups in total. The predicted molar refractivity (Wildman–Crippen MR) is 113 cm³/mol. The predicted octanol–water partition coefficient (Wildman–Crippen LogP) is 5.34. The second-order valence-corrected chi connectivity index (χ2v) is 9.96. The Morgan fingerprint density at radius 3 is 2.18 bits per heavy atom. The monoisotopic (exact) mass is 480 g/mol. The van der Waals surface area contributed by atoms with Gasteiger partial charge in [-0.25, -0.2) is 8.42 Å². The van der Waals surface area contributed by atoms with Gasteiger partial charge in [-0.15, -0.1) is 0 Å². The van der Waals surface area contributed by atoms with E-state index in [0.29, 0.717) is 28.6 Å². The topological polar surface area (TPSA) is 66.5 Å². The Hall–Kier alpha value is -1.02. The van der Waals surface area contributed by atoms with E-state index in [0.717, 1.165) is 0 Å². The maximum absolute atomic E-state index is 12.9. The number of hydrogen-bond acceptors (Lipinski definition) is 3. The lowest BCUT2D eigenvalue weighted by Gasteiger charge is -2.30. The number of piperidine rings is 1. The quantitative estimate of drug-likeness (QED) is 0.640. The Morgan fingerprint density at radius 1 is 0.929 bits per heavy atom. The molecular weight excluding hydrogens is 466 g/mol. The molecule has 1 fully saturated rings. The number of nitrogens with zero attached hydrogens (tertiary/aromatic N) is 1. The molecule has 0 unspecified atom stereocenters. The van der Waals surface area contributed by atoms with Crippen LogP contribution in [0.3, 0.4) is 0 Å². The molecule has 1 aliphatic rings. The zero-order chi connectivity index (χ0) is 20.5. The molecule has 150 valence electrons. The summed E-state index contributed by atoms with van der Waals surface area (Å²) in [7, 11) is -3.79. The van der Waals surface area contributed by atoms with Gasteiger partial charge in [-0.05, 0) is 49.2 Å². The highest BCUT2D eigenvalue weighted by molar-refractivity contribution is 7.89. The number of nitrogens with one attached hydrogen (secondary N) is 1. The van der Waals surface area contributed by atoms with Crippen LogP contribution in [-0.2, 0) is 14.8 Å². The fourth-order valence-corrected chi connectivity index (χ4v) is 5.66. The van der Waals surface area contributed by atoms with Gasteiger partial charge in [-0.2, -0.15) is 4.31 Å². The van der Waals surface area contributed by atoms with E-state index in [1.54, 1.807) is 18.2 Å². The average Bonchev–Trinajstić information content (AvgIpc) is 2.66. The van der Waals surface area contributed by atoms with E-state index in [2.05, 4.69) is 5.32 Å². The number of anilines is 1. The van der Waals surface area contributed by atoms with Gasteiger partial charge in [-0.1, -0.05) is 46.4 Å². The molecule has 0 spiro atoms. The number of amides is 1. The fourth-order valence-electron chi connectivity index (χ4n) is 3.00. The molecule has 3 rings (SSSR count). The maximum Gasteiger partial charge on any atom is 0.244 e. The van der Waals surface area contributed by atoms with Crippen LogP contribution < -0.4 is 5.32 Å². The highest BCUT2D eigenvalue weighted by atomic mass is 35.5. The van der Waals surface area contributed by atoms with Gasteiger partial charge in [-0.3, -0.25) is 4.79 Å². The Morgan fingerprint density at radius 2 is 1.54 bits per heavy atom. The lowest BCUT2D eigenvalue weighted by molar-refractivity contribution is -0.120. The molecule has 0 bridgehead atoms. The third-order valence-electron chi connectivity index (χ3n) is 4.52. The normalized spacial score (nSPS) is 16.1. The molecule has 0 saturated carbocycles. The molecule has 0 radical (unpaired) electrons. The number of sulfonamides is 1. The van der Waals surface area contributed by atoms with E-state index >= 15 is 0 Å². The van der Waals surface area contributed by atoms with Crippen molar-refractivity contribution >= 4 is 68.0 Å². The van der Waals surface area contributed by atoms with Crippen LogP contribution in [0.25, 0.3) is 0 Å². The van der Waals surface area contributed by atoms with Crippen LogP contribution in [0.1, 0.15) is 12.8 Å². The molecular formula is C18H16Cl4N2O3S. The van der Waals surface area contributed by atoms with Crippen molar-refractivity contribution in [3.05, 3.63) is 56.5 Å². The Bertz CT molecular complexity index is 1010. The number of benzene rings is 2. The van der Waals surface area contributed by atoms with Gasteiger partial charge in [0.1, 0.15) is 4.90 Å². The van der Waals surface area contributed by atoms with Gasteiger partial charge < -0.3 is 5.32 Å². The summed E-state index contributed by atoms with van der Waals surface area (Å²) in [5.41, 5.74) is 0.469. The van der Waals surface area contributed by atoms with Crippen LogP contribution in [0.5, 0.6) is 0 Å². The number of rotatable bonds is 4. The zero-order valence-corrected chi connectivity index (χ0v) is 18.3. The van der Waals surface area contributed by atoms with Crippen LogP contribution in [0, 0.1) is 5.92 Å². The fraction of sp³-hybridized carbons (Fsp3) is 0.278. The largest absolute Gasteiger partial charge is 0.325 e. The van der Waals surface area contributed by atoms with Crippen LogP contribution in [0.2, 0.25) is 20.1 Å². The van der Waals surface area contributed by atoms with Gasteiger partial charge in [0.15, 0.2) is 0 Å². The first kappa shape index (κ1) is 21.7. The van der Waals surface area contributed by atoms with Gasteiger partial charge in [0.25, 0.3) is 0 Å².